The van der Waals surface area contributed by atoms with Crippen molar-refractivity contribution in [3.05, 3.63) is 22.8 Å². The fraction of sp³-hybridized carbons (Fsp3) is 0.125. The van der Waals surface area contributed by atoms with Gasteiger partial charge in [-0.05, 0) is 6.07 Å². The summed E-state index contributed by atoms with van der Waals surface area (Å²) in [6, 6.07) is 1.60. The number of anilines is 1. The molecule has 0 aliphatic rings. The smallest absolute Gasteiger partial charge is 0.139 e. The summed E-state index contributed by atoms with van der Waals surface area (Å²) in [6.07, 6.45) is 1.45. The Morgan fingerprint density at radius 3 is 3.08 bits per heavy atom. The van der Waals surface area contributed by atoms with Crippen LogP contribution in [0.25, 0.3) is 0 Å². The average Bonchev–Trinajstić information content (AvgIpc) is 2.07. The highest BCUT2D eigenvalue weighted by molar-refractivity contribution is 6.30. The first kappa shape index (κ1) is 8.85. The van der Waals surface area contributed by atoms with Crippen molar-refractivity contribution in [3.63, 3.8) is 0 Å². The fourth-order valence-corrected chi connectivity index (χ4v) is 0.843. The van der Waals surface area contributed by atoms with Crippen LogP contribution >= 0.6 is 11.6 Å². The Morgan fingerprint density at radius 2 is 2.42 bits per heavy atom. The van der Waals surface area contributed by atoms with E-state index in [0.717, 1.165) is 0 Å². The minimum absolute atomic E-state index is 0.202. The Bertz CT molecular complexity index is 341. The highest BCUT2D eigenvalue weighted by Crippen LogP contribution is 2.13. The normalized spacial score (nSPS) is 8.83. The number of hydrogen-bond acceptors (Lipinski definition) is 3. The van der Waals surface area contributed by atoms with Gasteiger partial charge in [-0.3, -0.25) is 0 Å². The van der Waals surface area contributed by atoms with Gasteiger partial charge in [0.1, 0.15) is 12.4 Å². The number of nitrogens with zero attached hydrogens (tertiary/aromatic N) is 1. The number of aliphatic hydroxyl groups excluding tert-OH is 1. The number of aromatic nitrogens is 1. The highest BCUT2D eigenvalue weighted by atomic mass is 35.5. The molecule has 12 heavy (non-hydrogen) atoms. The predicted octanol–water partition coefficient (Wildman–Crippen LogP) is 0.661. The molecule has 0 aliphatic heterocycles. The molecule has 1 heterocycles. The molecule has 0 radical (unpaired) electrons. The maximum atomic E-state index is 8.42. The molecule has 0 saturated heterocycles. The van der Waals surface area contributed by atoms with Crippen molar-refractivity contribution >= 4 is 17.4 Å². The monoisotopic (exact) mass is 182 g/mol. The Balaban J connectivity index is 3.05. The second-order valence-electron chi connectivity index (χ2n) is 2.05. The van der Waals surface area contributed by atoms with E-state index in [1.54, 1.807) is 6.07 Å². The lowest BCUT2D eigenvalue weighted by molar-refractivity contribution is 0.350. The summed E-state index contributed by atoms with van der Waals surface area (Å²) >= 11 is 5.65. The van der Waals surface area contributed by atoms with Crippen LogP contribution in [0, 0.1) is 11.8 Å². The minimum atomic E-state index is -0.202. The van der Waals surface area contributed by atoms with Crippen molar-refractivity contribution < 1.29 is 5.11 Å². The molecule has 0 unspecified atom stereocenters. The Kier molecular flexibility index (Phi) is 2.92. The third-order valence-corrected chi connectivity index (χ3v) is 1.39. The maximum absolute atomic E-state index is 8.42. The van der Waals surface area contributed by atoms with Gasteiger partial charge >= 0.3 is 0 Å². The van der Waals surface area contributed by atoms with E-state index < -0.39 is 0 Å². The third kappa shape index (κ3) is 2.12. The number of nitrogen functional groups attached to an aromatic ring is 1. The van der Waals surface area contributed by atoms with Gasteiger partial charge < -0.3 is 10.8 Å². The maximum Gasteiger partial charge on any atom is 0.139 e. The zero-order chi connectivity index (χ0) is 8.97. The van der Waals surface area contributed by atoms with Crippen LogP contribution < -0.4 is 5.73 Å². The van der Waals surface area contributed by atoms with Gasteiger partial charge in [0.25, 0.3) is 0 Å². The first-order valence-electron chi connectivity index (χ1n) is 3.25. The van der Waals surface area contributed by atoms with Crippen LogP contribution in [0.4, 0.5) is 5.82 Å². The summed E-state index contributed by atoms with van der Waals surface area (Å²) in [5.74, 6) is 5.41. The number of nitrogens with two attached hydrogens (primary N) is 1. The summed E-state index contributed by atoms with van der Waals surface area (Å²) in [4.78, 5) is 3.79. The molecule has 4 heteroatoms. The van der Waals surface area contributed by atoms with Gasteiger partial charge in [0, 0.05) is 6.20 Å². The Hall–Kier alpha value is -1.24. The van der Waals surface area contributed by atoms with Gasteiger partial charge in [-0.25, -0.2) is 4.98 Å². The molecule has 0 atom stereocenters. The lowest BCUT2D eigenvalue weighted by atomic mass is 10.2. The van der Waals surface area contributed by atoms with E-state index in [9.17, 15) is 0 Å². The standard InChI is InChI=1S/C8H7ClN2O/c9-7-4-6(2-1-3-12)8(10)11-5-7/h4-5,12H,3H2,(H2,10,11). The van der Waals surface area contributed by atoms with Crippen LogP contribution in [0.5, 0.6) is 0 Å². The van der Waals surface area contributed by atoms with Gasteiger partial charge in [-0.2, -0.15) is 0 Å². The molecule has 0 saturated carbocycles. The van der Waals surface area contributed by atoms with E-state index in [-0.39, 0.29) is 6.61 Å². The summed E-state index contributed by atoms with van der Waals surface area (Å²) in [5, 5.41) is 8.90. The van der Waals surface area contributed by atoms with Crippen molar-refractivity contribution in [1.82, 2.24) is 4.98 Å². The molecule has 3 nitrogen and oxygen atoms in total. The second kappa shape index (κ2) is 3.96. The molecule has 1 rings (SSSR count). The van der Waals surface area contributed by atoms with Crippen LogP contribution in [0.15, 0.2) is 12.3 Å². The topological polar surface area (TPSA) is 59.1 Å². The summed E-state index contributed by atoms with van der Waals surface area (Å²) in [6.45, 7) is -0.202. The molecule has 3 N–H and O–H groups in total. The first-order valence-corrected chi connectivity index (χ1v) is 3.62. The van der Waals surface area contributed by atoms with Crippen molar-refractivity contribution in [2.45, 2.75) is 0 Å². The summed E-state index contributed by atoms with van der Waals surface area (Å²) in [5.41, 5.74) is 6.01. The average molecular weight is 183 g/mol. The van der Waals surface area contributed by atoms with E-state index in [0.29, 0.717) is 16.4 Å². The van der Waals surface area contributed by atoms with Crippen molar-refractivity contribution in [2.24, 2.45) is 0 Å². The van der Waals surface area contributed by atoms with E-state index >= 15 is 0 Å². The Morgan fingerprint density at radius 1 is 1.67 bits per heavy atom. The zero-order valence-electron chi connectivity index (χ0n) is 6.21. The molecule has 1 aromatic heterocycles. The lowest BCUT2D eigenvalue weighted by Crippen LogP contribution is -1.93. The zero-order valence-corrected chi connectivity index (χ0v) is 6.97. The number of rotatable bonds is 0. The number of halogens is 1. The van der Waals surface area contributed by atoms with Crippen LogP contribution in [-0.2, 0) is 0 Å². The summed E-state index contributed by atoms with van der Waals surface area (Å²) in [7, 11) is 0. The van der Waals surface area contributed by atoms with Crippen LogP contribution in [-0.4, -0.2) is 16.7 Å². The molecule has 0 fully saturated rings. The molecule has 0 aromatic carbocycles. The fourth-order valence-electron chi connectivity index (χ4n) is 0.685. The number of aliphatic hydroxyl groups is 1. The molecule has 1 aromatic rings. The van der Waals surface area contributed by atoms with Crippen LogP contribution in [0.3, 0.4) is 0 Å². The van der Waals surface area contributed by atoms with Gasteiger partial charge in [0.15, 0.2) is 0 Å². The van der Waals surface area contributed by atoms with E-state index in [1.807, 2.05) is 0 Å². The summed E-state index contributed by atoms with van der Waals surface area (Å²) < 4.78 is 0. The van der Waals surface area contributed by atoms with Gasteiger partial charge in [-0.15, -0.1) is 0 Å². The highest BCUT2D eigenvalue weighted by Gasteiger charge is 1.96. The third-order valence-electron chi connectivity index (χ3n) is 1.19. The van der Waals surface area contributed by atoms with Crippen molar-refractivity contribution in [3.8, 4) is 11.8 Å². The number of pyridine rings is 1. The Labute approximate surface area is 75.2 Å². The van der Waals surface area contributed by atoms with Crippen LogP contribution in [0.1, 0.15) is 5.56 Å². The van der Waals surface area contributed by atoms with Crippen molar-refractivity contribution in [2.75, 3.05) is 12.3 Å². The van der Waals surface area contributed by atoms with Gasteiger partial charge in [-0.1, -0.05) is 23.4 Å². The molecule has 0 spiro atoms. The molecular formula is C8H7ClN2O. The number of hydrogen-bond donors (Lipinski definition) is 2. The molecule has 0 bridgehead atoms. The van der Waals surface area contributed by atoms with E-state index in [2.05, 4.69) is 16.8 Å². The molecule has 62 valence electrons. The molecule has 0 amide bonds. The quantitative estimate of drug-likeness (QED) is 0.580. The lowest BCUT2D eigenvalue weighted by Gasteiger charge is -1.95. The van der Waals surface area contributed by atoms with E-state index in [4.69, 9.17) is 22.4 Å². The van der Waals surface area contributed by atoms with Crippen LogP contribution in [0.2, 0.25) is 5.02 Å². The minimum Gasteiger partial charge on any atom is -0.384 e. The largest absolute Gasteiger partial charge is 0.384 e. The van der Waals surface area contributed by atoms with E-state index in [1.165, 1.54) is 6.20 Å². The predicted molar refractivity (Wildman–Crippen MR) is 47.6 cm³/mol. The first-order chi connectivity index (χ1) is 5.74. The molecule has 0 aliphatic carbocycles. The second-order valence-corrected chi connectivity index (χ2v) is 2.48. The van der Waals surface area contributed by atoms with Gasteiger partial charge in [0.05, 0.1) is 10.6 Å². The SMILES string of the molecule is Nc1ncc(Cl)cc1C#CCO. The van der Waals surface area contributed by atoms with Crippen molar-refractivity contribution in [1.29, 1.82) is 0 Å². The molecular weight excluding hydrogens is 176 g/mol. The van der Waals surface area contributed by atoms with Gasteiger partial charge in [0.2, 0.25) is 0 Å².